The second kappa shape index (κ2) is 14.6. The number of hydrogen-bond acceptors (Lipinski definition) is 1. The maximum atomic E-state index is 2.43. The molecule has 1 aromatic heterocycles. The predicted molar refractivity (Wildman–Crippen MR) is 267 cm³/mol. The Kier molecular flexibility index (Phi) is 8.55. The lowest BCUT2D eigenvalue weighted by molar-refractivity contribution is 0.660. The van der Waals surface area contributed by atoms with E-state index in [4.69, 9.17) is 0 Å². The van der Waals surface area contributed by atoms with Crippen LogP contribution in [-0.4, -0.2) is 4.57 Å². The third-order valence-electron chi connectivity index (χ3n) is 13.4. The van der Waals surface area contributed by atoms with Gasteiger partial charge in [0.25, 0.3) is 0 Å². The smallest absolute Gasteiger partial charge is 0.0541 e. The number of anilines is 3. The van der Waals surface area contributed by atoms with E-state index in [-0.39, 0.29) is 5.41 Å². The fraction of sp³-hybridized carbons (Fsp3) is 0.0492. The Morgan fingerprint density at radius 1 is 0.349 bits per heavy atom. The molecule has 0 atom stereocenters. The first-order valence-electron chi connectivity index (χ1n) is 21.9. The van der Waals surface area contributed by atoms with Crippen molar-refractivity contribution in [2.75, 3.05) is 4.90 Å². The highest BCUT2D eigenvalue weighted by Crippen LogP contribution is 2.51. The van der Waals surface area contributed by atoms with Gasteiger partial charge in [-0.15, -0.1) is 0 Å². The van der Waals surface area contributed by atoms with Crippen molar-refractivity contribution in [2.24, 2.45) is 0 Å². The number of hydrogen-bond donors (Lipinski definition) is 0. The van der Waals surface area contributed by atoms with E-state index >= 15 is 0 Å². The van der Waals surface area contributed by atoms with E-state index < -0.39 is 0 Å². The largest absolute Gasteiger partial charge is 0.310 e. The molecule has 2 heteroatoms. The molecule has 63 heavy (non-hydrogen) atoms. The molecule has 1 aliphatic carbocycles. The zero-order chi connectivity index (χ0) is 42.1. The SMILES string of the molecule is CC1(C)c2ccccc2-c2ccc(N(c3ccc(-c4cccc5cccc(-c6ccccc6)c45)cc3)c3cccc(-c4ccc(-n5c6ccccc6c6ccccc65)cc4)c3)cc21. The summed E-state index contributed by atoms with van der Waals surface area (Å²) in [4.78, 5) is 2.43. The molecule has 0 bridgehead atoms. The van der Waals surface area contributed by atoms with Crippen molar-refractivity contribution < 1.29 is 0 Å². The van der Waals surface area contributed by atoms with Crippen molar-refractivity contribution in [1.29, 1.82) is 0 Å². The quantitative estimate of drug-likeness (QED) is 0.156. The first kappa shape index (κ1) is 36.9. The fourth-order valence-corrected chi connectivity index (χ4v) is 10.3. The summed E-state index contributed by atoms with van der Waals surface area (Å²) in [5.74, 6) is 0. The predicted octanol–water partition coefficient (Wildman–Crippen LogP) is 16.7. The second-order valence-electron chi connectivity index (χ2n) is 17.3. The molecule has 0 N–H and O–H groups in total. The molecule has 10 aromatic carbocycles. The standard InChI is InChI=1S/C61H44N2/c1-61(2)56-26-9-6-21-52(56)53-38-37-49(40-57(53)61)62(46-35-31-43(32-36-46)51-25-14-18-44-17-13-24-50(60(44)51)42-15-4-3-5-16-42)48-20-12-19-45(39-48)41-29-33-47(34-30-41)63-58-27-10-7-22-54(58)55-23-8-11-28-59(55)63/h3-40H,1-2H3. The second-order valence-corrected chi connectivity index (χ2v) is 17.3. The van der Waals surface area contributed by atoms with Gasteiger partial charge in [0.15, 0.2) is 0 Å². The molecule has 0 unspecified atom stereocenters. The average Bonchev–Trinajstić information content (AvgIpc) is 3.80. The molecular weight excluding hydrogens is 761 g/mol. The Morgan fingerprint density at radius 2 is 0.873 bits per heavy atom. The number of nitrogens with zero attached hydrogens (tertiary/aromatic N) is 2. The number of para-hydroxylation sites is 2. The van der Waals surface area contributed by atoms with Crippen LogP contribution in [0, 0.1) is 0 Å². The van der Waals surface area contributed by atoms with Gasteiger partial charge in [0.1, 0.15) is 0 Å². The third-order valence-corrected chi connectivity index (χ3v) is 13.4. The molecule has 1 heterocycles. The lowest BCUT2D eigenvalue weighted by Gasteiger charge is -2.28. The van der Waals surface area contributed by atoms with Crippen LogP contribution in [0.15, 0.2) is 231 Å². The molecule has 0 saturated heterocycles. The van der Waals surface area contributed by atoms with Gasteiger partial charge in [-0.1, -0.05) is 184 Å². The first-order valence-corrected chi connectivity index (χ1v) is 21.9. The summed E-state index contributed by atoms with van der Waals surface area (Å²) in [7, 11) is 0. The van der Waals surface area contributed by atoms with Crippen LogP contribution < -0.4 is 4.90 Å². The Morgan fingerprint density at radius 3 is 1.59 bits per heavy atom. The van der Waals surface area contributed by atoms with Gasteiger partial charge in [0.05, 0.1) is 11.0 Å². The number of fused-ring (bicyclic) bond motifs is 7. The number of benzene rings is 10. The van der Waals surface area contributed by atoms with Gasteiger partial charge < -0.3 is 9.47 Å². The summed E-state index contributed by atoms with van der Waals surface area (Å²) in [5.41, 5.74) is 19.4. The minimum absolute atomic E-state index is 0.123. The Balaban J connectivity index is 0.968. The van der Waals surface area contributed by atoms with Crippen LogP contribution in [0.5, 0.6) is 0 Å². The molecule has 0 aliphatic heterocycles. The molecule has 0 amide bonds. The maximum Gasteiger partial charge on any atom is 0.0541 e. The molecule has 298 valence electrons. The van der Waals surface area contributed by atoms with Gasteiger partial charge in [-0.2, -0.15) is 0 Å². The highest BCUT2D eigenvalue weighted by Gasteiger charge is 2.35. The van der Waals surface area contributed by atoms with Gasteiger partial charge in [0, 0.05) is 38.9 Å². The van der Waals surface area contributed by atoms with Gasteiger partial charge >= 0.3 is 0 Å². The van der Waals surface area contributed by atoms with Crippen molar-refractivity contribution in [2.45, 2.75) is 19.3 Å². The molecule has 0 radical (unpaired) electrons. The van der Waals surface area contributed by atoms with Crippen LogP contribution in [0.1, 0.15) is 25.0 Å². The Hall–Kier alpha value is -7.94. The molecule has 0 saturated carbocycles. The van der Waals surface area contributed by atoms with E-state index in [0.717, 1.165) is 22.7 Å². The molecule has 2 nitrogen and oxygen atoms in total. The van der Waals surface area contributed by atoms with Crippen LogP contribution in [0.2, 0.25) is 0 Å². The average molecular weight is 805 g/mol. The zero-order valence-electron chi connectivity index (χ0n) is 35.3. The van der Waals surface area contributed by atoms with Gasteiger partial charge in [-0.3, -0.25) is 0 Å². The molecule has 11 aromatic rings. The van der Waals surface area contributed by atoms with E-state index in [1.54, 1.807) is 0 Å². The molecular formula is C61H44N2. The zero-order valence-corrected chi connectivity index (χ0v) is 35.3. The van der Waals surface area contributed by atoms with Crippen LogP contribution in [0.25, 0.3) is 82.8 Å². The highest BCUT2D eigenvalue weighted by molar-refractivity contribution is 6.09. The lowest BCUT2D eigenvalue weighted by atomic mass is 9.82. The van der Waals surface area contributed by atoms with E-state index in [9.17, 15) is 0 Å². The number of aromatic nitrogens is 1. The monoisotopic (exact) mass is 804 g/mol. The maximum absolute atomic E-state index is 2.43. The van der Waals surface area contributed by atoms with Crippen LogP contribution in [0.4, 0.5) is 17.1 Å². The van der Waals surface area contributed by atoms with E-state index in [0.29, 0.717) is 0 Å². The van der Waals surface area contributed by atoms with Crippen molar-refractivity contribution >= 4 is 49.6 Å². The van der Waals surface area contributed by atoms with E-state index in [1.807, 2.05) is 0 Å². The van der Waals surface area contributed by atoms with Crippen LogP contribution >= 0.6 is 0 Å². The summed E-state index contributed by atoms with van der Waals surface area (Å²) < 4.78 is 2.38. The summed E-state index contributed by atoms with van der Waals surface area (Å²) in [6.07, 6.45) is 0. The van der Waals surface area contributed by atoms with Crippen molar-refractivity contribution in [3.8, 4) is 50.2 Å². The summed E-state index contributed by atoms with van der Waals surface area (Å²) in [6, 6.07) is 84.6. The molecule has 1 aliphatic rings. The van der Waals surface area contributed by atoms with E-state index in [2.05, 4.69) is 254 Å². The Bertz CT molecular complexity index is 3460. The van der Waals surface area contributed by atoms with E-state index in [1.165, 1.54) is 88.2 Å². The lowest BCUT2D eigenvalue weighted by Crippen LogP contribution is -2.16. The minimum Gasteiger partial charge on any atom is -0.310 e. The summed E-state index contributed by atoms with van der Waals surface area (Å²) >= 11 is 0. The summed E-state index contributed by atoms with van der Waals surface area (Å²) in [6.45, 7) is 4.72. The molecule has 12 rings (SSSR count). The highest BCUT2D eigenvalue weighted by atomic mass is 15.1. The van der Waals surface area contributed by atoms with Gasteiger partial charge in [-0.25, -0.2) is 0 Å². The van der Waals surface area contributed by atoms with Crippen LogP contribution in [0.3, 0.4) is 0 Å². The summed E-state index contributed by atoms with van der Waals surface area (Å²) in [5, 5.41) is 5.05. The molecule has 0 fully saturated rings. The molecule has 0 spiro atoms. The van der Waals surface area contributed by atoms with Crippen LogP contribution in [-0.2, 0) is 5.41 Å². The Labute approximate surface area is 368 Å². The van der Waals surface area contributed by atoms with Crippen molar-refractivity contribution in [3.05, 3.63) is 242 Å². The fourth-order valence-electron chi connectivity index (χ4n) is 10.3. The first-order chi connectivity index (χ1) is 31.0. The normalized spacial score (nSPS) is 12.7. The van der Waals surface area contributed by atoms with Gasteiger partial charge in [-0.05, 0) is 127 Å². The number of rotatable bonds is 7. The third kappa shape index (κ3) is 6.02. The van der Waals surface area contributed by atoms with Crippen molar-refractivity contribution in [3.63, 3.8) is 0 Å². The minimum atomic E-state index is -0.123. The topological polar surface area (TPSA) is 8.17 Å². The van der Waals surface area contributed by atoms with Crippen molar-refractivity contribution in [1.82, 2.24) is 4.57 Å². The van der Waals surface area contributed by atoms with Gasteiger partial charge in [0.2, 0.25) is 0 Å².